The van der Waals surface area contributed by atoms with Crippen LogP contribution in [0, 0.1) is 0 Å². The van der Waals surface area contributed by atoms with E-state index in [-0.39, 0.29) is 0 Å². The molecule has 0 spiro atoms. The lowest BCUT2D eigenvalue weighted by Gasteiger charge is -2.07. The summed E-state index contributed by atoms with van der Waals surface area (Å²) in [5, 5.41) is 9.52. The predicted octanol–water partition coefficient (Wildman–Crippen LogP) is 5.14. The lowest BCUT2D eigenvalue weighted by atomic mass is 9.99. The minimum absolute atomic E-state index is 0.398. The predicted molar refractivity (Wildman–Crippen MR) is 85.7 cm³/mol. The Hall–Kier alpha value is -1.60. The van der Waals surface area contributed by atoms with Crippen molar-refractivity contribution in [3.05, 3.63) is 59.7 Å². The maximum Gasteiger partial charge on any atom is 0.0761 e. The third-order valence-electron chi connectivity index (χ3n) is 3.75. The first-order valence-electron chi connectivity index (χ1n) is 7.58. The molecule has 1 nitrogen and oxygen atoms in total. The first kappa shape index (κ1) is 14.8. The summed E-state index contributed by atoms with van der Waals surface area (Å²) in [5.74, 6) is 0. The molecule has 20 heavy (non-hydrogen) atoms. The van der Waals surface area contributed by atoms with Gasteiger partial charge in [-0.15, -0.1) is 0 Å². The van der Waals surface area contributed by atoms with E-state index in [9.17, 15) is 5.11 Å². The zero-order valence-corrected chi connectivity index (χ0v) is 12.5. The van der Waals surface area contributed by atoms with E-state index in [1.165, 1.54) is 42.4 Å². The number of rotatable bonds is 6. The molecule has 0 saturated carbocycles. The van der Waals surface area contributed by atoms with E-state index < -0.39 is 6.10 Å². The molecule has 1 heteroatoms. The van der Waals surface area contributed by atoms with Crippen molar-refractivity contribution >= 4 is 0 Å². The molecule has 0 aliphatic rings. The second-order valence-electron chi connectivity index (χ2n) is 5.45. The maximum atomic E-state index is 9.52. The van der Waals surface area contributed by atoms with Gasteiger partial charge in [-0.2, -0.15) is 0 Å². The first-order valence-corrected chi connectivity index (χ1v) is 7.58. The summed E-state index contributed by atoms with van der Waals surface area (Å²) in [5.41, 5.74) is 4.82. The topological polar surface area (TPSA) is 20.2 Å². The lowest BCUT2D eigenvalue weighted by Crippen LogP contribution is -1.90. The smallest absolute Gasteiger partial charge is 0.0761 e. The molecule has 106 valence electrons. The number of hydrogen-bond acceptors (Lipinski definition) is 1. The molecule has 0 aliphatic heterocycles. The third kappa shape index (κ3) is 3.94. The maximum absolute atomic E-state index is 9.52. The second kappa shape index (κ2) is 7.25. The molecule has 0 amide bonds. The number of benzene rings is 2. The fourth-order valence-corrected chi connectivity index (χ4v) is 2.40. The van der Waals surface area contributed by atoms with Crippen molar-refractivity contribution in [3.8, 4) is 11.1 Å². The van der Waals surface area contributed by atoms with E-state index in [0.29, 0.717) is 0 Å². The van der Waals surface area contributed by atoms with Crippen LogP contribution in [0.1, 0.15) is 50.3 Å². The van der Waals surface area contributed by atoms with Crippen molar-refractivity contribution in [3.63, 3.8) is 0 Å². The molecule has 2 aromatic carbocycles. The van der Waals surface area contributed by atoms with Gasteiger partial charge in [0.25, 0.3) is 0 Å². The Bertz CT molecular complexity index is 508. The largest absolute Gasteiger partial charge is 0.389 e. The van der Waals surface area contributed by atoms with Crippen molar-refractivity contribution in [1.29, 1.82) is 0 Å². The third-order valence-corrected chi connectivity index (χ3v) is 3.75. The highest BCUT2D eigenvalue weighted by molar-refractivity contribution is 5.64. The van der Waals surface area contributed by atoms with Gasteiger partial charge in [0.15, 0.2) is 0 Å². The normalized spacial score (nSPS) is 12.3. The highest BCUT2D eigenvalue weighted by Crippen LogP contribution is 2.22. The highest BCUT2D eigenvalue weighted by atomic mass is 16.3. The molecule has 2 aromatic rings. The van der Waals surface area contributed by atoms with Gasteiger partial charge in [0, 0.05) is 0 Å². The standard InChI is InChI=1S/C19H24O/c1-3-4-5-6-16-7-9-18(10-8-16)19-13-11-17(12-14-19)15(2)20/h7-15,20H,3-6H2,1-2H3/t15-/m0/s1. The molecule has 0 heterocycles. The van der Waals surface area contributed by atoms with Crippen molar-refractivity contribution in [1.82, 2.24) is 0 Å². The van der Waals surface area contributed by atoms with Crippen LogP contribution in [-0.2, 0) is 6.42 Å². The monoisotopic (exact) mass is 268 g/mol. The van der Waals surface area contributed by atoms with Crippen molar-refractivity contribution in [2.24, 2.45) is 0 Å². The Morgan fingerprint density at radius 1 is 0.850 bits per heavy atom. The number of aliphatic hydroxyl groups is 1. The second-order valence-corrected chi connectivity index (χ2v) is 5.45. The molecule has 1 atom stereocenters. The average Bonchev–Trinajstić information content (AvgIpc) is 2.48. The minimum Gasteiger partial charge on any atom is -0.389 e. The molecule has 0 fully saturated rings. The summed E-state index contributed by atoms with van der Waals surface area (Å²) in [4.78, 5) is 0. The first-order chi connectivity index (χ1) is 9.70. The fraction of sp³-hybridized carbons (Fsp3) is 0.368. The summed E-state index contributed by atoms with van der Waals surface area (Å²) < 4.78 is 0. The Kier molecular flexibility index (Phi) is 5.37. The summed E-state index contributed by atoms with van der Waals surface area (Å²) in [6.07, 6.45) is 4.63. The average molecular weight is 268 g/mol. The molecule has 2 rings (SSSR count). The van der Waals surface area contributed by atoms with Crippen LogP contribution in [-0.4, -0.2) is 5.11 Å². The van der Waals surface area contributed by atoms with Gasteiger partial charge in [0.1, 0.15) is 0 Å². The van der Waals surface area contributed by atoms with Crippen LogP contribution in [0.4, 0.5) is 0 Å². The Labute approximate surface area is 122 Å². The van der Waals surface area contributed by atoms with Crippen LogP contribution in [0.3, 0.4) is 0 Å². The van der Waals surface area contributed by atoms with Crippen LogP contribution in [0.2, 0.25) is 0 Å². The molecule has 0 bridgehead atoms. The van der Waals surface area contributed by atoms with Gasteiger partial charge in [-0.1, -0.05) is 68.3 Å². The van der Waals surface area contributed by atoms with Gasteiger partial charge in [0.05, 0.1) is 6.10 Å². The van der Waals surface area contributed by atoms with E-state index in [4.69, 9.17) is 0 Å². The molecule has 0 saturated heterocycles. The van der Waals surface area contributed by atoms with Crippen molar-refractivity contribution in [2.45, 2.75) is 45.6 Å². The van der Waals surface area contributed by atoms with Crippen molar-refractivity contribution < 1.29 is 5.11 Å². The Morgan fingerprint density at radius 2 is 1.40 bits per heavy atom. The minimum atomic E-state index is -0.398. The highest BCUT2D eigenvalue weighted by Gasteiger charge is 2.02. The van der Waals surface area contributed by atoms with Crippen molar-refractivity contribution in [2.75, 3.05) is 0 Å². The van der Waals surface area contributed by atoms with Crippen LogP contribution in [0.15, 0.2) is 48.5 Å². The summed E-state index contributed by atoms with van der Waals surface area (Å²) in [6, 6.07) is 17.0. The van der Waals surface area contributed by atoms with Crippen LogP contribution < -0.4 is 0 Å². The number of unbranched alkanes of at least 4 members (excludes halogenated alkanes) is 2. The number of aryl methyl sites for hydroxylation is 1. The van der Waals surface area contributed by atoms with E-state index in [2.05, 4.69) is 43.3 Å². The Balaban J connectivity index is 2.05. The van der Waals surface area contributed by atoms with Gasteiger partial charge >= 0.3 is 0 Å². The number of hydrogen-bond donors (Lipinski definition) is 1. The Morgan fingerprint density at radius 3 is 1.90 bits per heavy atom. The van der Waals surface area contributed by atoms with Gasteiger partial charge in [-0.05, 0) is 42.0 Å². The summed E-state index contributed by atoms with van der Waals surface area (Å²) in [7, 11) is 0. The van der Waals surface area contributed by atoms with E-state index in [0.717, 1.165) is 5.56 Å². The van der Waals surface area contributed by atoms with Crippen LogP contribution in [0.25, 0.3) is 11.1 Å². The van der Waals surface area contributed by atoms with E-state index in [1.807, 2.05) is 12.1 Å². The lowest BCUT2D eigenvalue weighted by molar-refractivity contribution is 0.199. The van der Waals surface area contributed by atoms with Gasteiger partial charge in [-0.25, -0.2) is 0 Å². The fourth-order valence-electron chi connectivity index (χ4n) is 2.40. The molecular weight excluding hydrogens is 244 g/mol. The summed E-state index contributed by atoms with van der Waals surface area (Å²) in [6.45, 7) is 4.03. The zero-order valence-electron chi connectivity index (χ0n) is 12.5. The van der Waals surface area contributed by atoms with Crippen LogP contribution in [0.5, 0.6) is 0 Å². The molecule has 0 aliphatic carbocycles. The van der Waals surface area contributed by atoms with Crippen LogP contribution >= 0.6 is 0 Å². The molecule has 0 radical (unpaired) electrons. The molecule has 0 aromatic heterocycles. The number of aliphatic hydroxyl groups excluding tert-OH is 1. The van der Waals surface area contributed by atoms with Gasteiger partial charge < -0.3 is 5.11 Å². The quantitative estimate of drug-likeness (QED) is 0.719. The SMILES string of the molecule is CCCCCc1ccc(-c2ccc([C@H](C)O)cc2)cc1. The van der Waals surface area contributed by atoms with E-state index >= 15 is 0 Å². The van der Waals surface area contributed by atoms with E-state index in [1.54, 1.807) is 6.92 Å². The molecular formula is C19H24O. The van der Waals surface area contributed by atoms with Gasteiger partial charge in [0.2, 0.25) is 0 Å². The zero-order chi connectivity index (χ0) is 14.4. The van der Waals surface area contributed by atoms with Gasteiger partial charge in [-0.3, -0.25) is 0 Å². The molecule has 1 N–H and O–H groups in total. The molecule has 0 unspecified atom stereocenters. The summed E-state index contributed by atoms with van der Waals surface area (Å²) >= 11 is 0.